The van der Waals surface area contributed by atoms with Gasteiger partial charge < -0.3 is 4.74 Å². The molecule has 1 aromatic heterocycles. The molecule has 12 heteroatoms. The number of esters is 1. The van der Waals surface area contributed by atoms with Crippen LogP contribution in [0.3, 0.4) is 0 Å². The van der Waals surface area contributed by atoms with Crippen LogP contribution in [0.15, 0.2) is 41.6 Å². The second kappa shape index (κ2) is 9.49. The zero-order valence-corrected chi connectivity index (χ0v) is 18.5. The molecule has 3 rings (SSSR count). The number of hydrogen-bond donors (Lipinski definition) is 0. The maximum atomic E-state index is 12.5. The van der Waals surface area contributed by atoms with Gasteiger partial charge in [-0.2, -0.15) is 13.2 Å². The van der Waals surface area contributed by atoms with Gasteiger partial charge in [0, 0.05) is 18.3 Å². The van der Waals surface area contributed by atoms with E-state index in [1.54, 1.807) is 13.0 Å². The van der Waals surface area contributed by atoms with Crippen molar-refractivity contribution < 1.29 is 35.9 Å². The van der Waals surface area contributed by atoms with E-state index in [1.807, 2.05) is 0 Å². The molecule has 0 radical (unpaired) electrons. The second-order valence-electron chi connectivity index (χ2n) is 6.83. The highest BCUT2D eigenvalue weighted by Crippen LogP contribution is 2.32. The standard InChI is InChI=1S/C20H19F3N2O5S2/c1-2-32(28,29)25-9-7-13-10-14(5-6-16(13)25)17(26)11-30-19(27)15-4-3-8-24-18(15)31-12-20(21,22)23/h3-6,8,10H,2,7,9,11-12H2,1H3. The minimum atomic E-state index is -4.43. The zero-order valence-electron chi connectivity index (χ0n) is 16.9. The van der Waals surface area contributed by atoms with Crippen LogP contribution in [-0.4, -0.2) is 56.0 Å². The average Bonchev–Trinajstić information content (AvgIpc) is 3.19. The van der Waals surface area contributed by atoms with Gasteiger partial charge >= 0.3 is 12.1 Å². The van der Waals surface area contributed by atoms with E-state index >= 15 is 0 Å². The lowest BCUT2D eigenvalue weighted by molar-refractivity contribution is -0.105. The molecule has 0 bridgehead atoms. The Morgan fingerprint density at radius 3 is 2.69 bits per heavy atom. The maximum Gasteiger partial charge on any atom is 0.398 e. The number of thioether (sulfide) groups is 1. The van der Waals surface area contributed by atoms with Crippen LogP contribution in [0.4, 0.5) is 18.9 Å². The van der Waals surface area contributed by atoms with Gasteiger partial charge in [0.2, 0.25) is 10.0 Å². The molecule has 2 aromatic rings. The fraction of sp³-hybridized carbons (Fsp3) is 0.350. The Kier molecular flexibility index (Phi) is 7.13. The smallest absolute Gasteiger partial charge is 0.398 e. The molecule has 1 aliphatic heterocycles. The number of ketones is 1. The van der Waals surface area contributed by atoms with Crippen LogP contribution in [0, 0.1) is 0 Å². The third-order valence-electron chi connectivity index (χ3n) is 4.65. The summed E-state index contributed by atoms with van der Waals surface area (Å²) in [6.45, 7) is 1.22. The number of pyridine rings is 1. The largest absolute Gasteiger partial charge is 0.454 e. The highest BCUT2D eigenvalue weighted by molar-refractivity contribution is 7.99. The van der Waals surface area contributed by atoms with E-state index in [1.165, 1.54) is 34.8 Å². The van der Waals surface area contributed by atoms with Crippen molar-refractivity contribution in [3.63, 3.8) is 0 Å². The average molecular weight is 489 g/mol. The summed E-state index contributed by atoms with van der Waals surface area (Å²) in [6.07, 6.45) is -2.73. The number of carbonyl (C=O) groups excluding carboxylic acids is 2. The molecule has 0 spiro atoms. The van der Waals surface area contributed by atoms with E-state index in [0.717, 1.165) is 0 Å². The van der Waals surface area contributed by atoms with Crippen molar-refractivity contribution in [3.8, 4) is 0 Å². The number of fused-ring (bicyclic) bond motifs is 1. The number of alkyl halides is 3. The van der Waals surface area contributed by atoms with Crippen molar-refractivity contribution in [1.29, 1.82) is 0 Å². The number of nitrogens with zero attached hydrogens (tertiary/aromatic N) is 2. The third-order valence-corrected chi connectivity index (χ3v) is 7.50. The number of anilines is 1. The molecule has 7 nitrogen and oxygen atoms in total. The second-order valence-corrected chi connectivity index (χ2v) is 9.97. The lowest BCUT2D eigenvalue weighted by Crippen LogP contribution is -2.30. The van der Waals surface area contributed by atoms with Crippen LogP contribution in [0.1, 0.15) is 33.2 Å². The lowest BCUT2D eigenvalue weighted by Gasteiger charge is -2.18. The summed E-state index contributed by atoms with van der Waals surface area (Å²) in [5.41, 5.74) is 1.29. The third kappa shape index (κ3) is 5.60. The predicted octanol–water partition coefficient (Wildman–Crippen LogP) is 3.49. The summed E-state index contributed by atoms with van der Waals surface area (Å²) in [4.78, 5) is 28.6. The van der Waals surface area contributed by atoms with Gasteiger partial charge in [-0.05, 0) is 49.2 Å². The van der Waals surface area contributed by atoms with Crippen LogP contribution in [0.2, 0.25) is 0 Å². The summed E-state index contributed by atoms with van der Waals surface area (Å²) < 4.78 is 68.0. The first-order chi connectivity index (χ1) is 15.0. The monoisotopic (exact) mass is 488 g/mol. The number of benzene rings is 1. The number of Topliss-reactive ketones (excluding diaryl/α,β-unsaturated/α-hetero) is 1. The Morgan fingerprint density at radius 2 is 2.00 bits per heavy atom. The summed E-state index contributed by atoms with van der Waals surface area (Å²) in [6, 6.07) is 7.21. The highest BCUT2D eigenvalue weighted by Gasteiger charge is 2.30. The first-order valence-electron chi connectivity index (χ1n) is 9.50. The van der Waals surface area contributed by atoms with Gasteiger partial charge in [-0.25, -0.2) is 18.2 Å². The molecule has 0 unspecified atom stereocenters. The van der Waals surface area contributed by atoms with E-state index in [9.17, 15) is 31.2 Å². The van der Waals surface area contributed by atoms with Crippen LogP contribution >= 0.6 is 11.8 Å². The summed E-state index contributed by atoms with van der Waals surface area (Å²) >= 11 is 0.355. The minimum absolute atomic E-state index is 0.0410. The zero-order chi connectivity index (χ0) is 23.5. The molecule has 172 valence electrons. The van der Waals surface area contributed by atoms with Gasteiger partial charge in [0.05, 0.1) is 22.8 Å². The van der Waals surface area contributed by atoms with Crippen LogP contribution in [0.25, 0.3) is 0 Å². The number of rotatable bonds is 8. The van der Waals surface area contributed by atoms with Gasteiger partial charge in [-0.15, -0.1) is 0 Å². The van der Waals surface area contributed by atoms with E-state index in [0.29, 0.717) is 29.4 Å². The SMILES string of the molecule is CCS(=O)(=O)N1CCc2cc(C(=O)COC(=O)c3cccnc3SCC(F)(F)F)ccc21. The topological polar surface area (TPSA) is 93.6 Å². The molecule has 0 saturated carbocycles. The number of halogens is 3. The van der Waals surface area contributed by atoms with E-state index in [-0.39, 0.29) is 28.5 Å². The molecule has 0 aliphatic carbocycles. The number of carbonyl (C=O) groups is 2. The van der Waals surface area contributed by atoms with Crippen molar-refractivity contribution in [1.82, 2.24) is 4.98 Å². The van der Waals surface area contributed by atoms with E-state index in [4.69, 9.17) is 4.74 Å². The highest BCUT2D eigenvalue weighted by atomic mass is 32.2. The first-order valence-corrected chi connectivity index (χ1v) is 12.1. The molecule has 0 saturated heterocycles. The lowest BCUT2D eigenvalue weighted by atomic mass is 10.1. The number of aromatic nitrogens is 1. The van der Waals surface area contributed by atoms with E-state index in [2.05, 4.69) is 4.98 Å². The van der Waals surface area contributed by atoms with Crippen molar-refractivity contribution in [2.24, 2.45) is 0 Å². The Hall–Kier alpha value is -2.60. The summed E-state index contributed by atoms with van der Waals surface area (Å²) in [7, 11) is -3.41. The summed E-state index contributed by atoms with van der Waals surface area (Å²) in [5, 5.41) is -0.142. The van der Waals surface area contributed by atoms with Gasteiger partial charge in [-0.1, -0.05) is 11.8 Å². The first kappa shape index (κ1) is 24.1. The molecule has 0 amide bonds. The minimum Gasteiger partial charge on any atom is -0.454 e. The molecule has 0 fully saturated rings. The fourth-order valence-corrected chi connectivity index (χ4v) is 4.99. The molecular formula is C20H19F3N2O5S2. The predicted molar refractivity (Wildman–Crippen MR) is 113 cm³/mol. The molecule has 32 heavy (non-hydrogen) atoms. The molecule has 0 N–H and O–H groups in total. The van der Waals surface area contributed by atoms with Gasteiger partial charge in [0.15, 0.2) is 12.4 Å². The molecule has 1 aromatic carbocycles. The number of hydrogen-bond acceptors (Lipinski definition) is 7. The van der Waals surface area contributed by atoms with Crippen LogP contribution in [0.5, 0.6) is 0 Å². The maximum absolute atomic E-state index is 12.5. The van der Waals surface area contributed by atoms with E-state index < -0.39 is 40.3 Å². The van der Waals surface area contributed by atoms with Crippen molar-refractivity contribution in [2.75, 3.05) is 29.0 Å². The Bertz CT molecular complexity index is 1140. The van der Waals surface area contributed by atoms with Crippen LogP contribution in [-0.2, 0) is 21.2 Å². The Balaban J connectivity index is 1.67. The molecular weight excluding hydrogens is 469 g/mol. The Morgan fingerprint density at radius 1 is 1.25 bits per heavy atom. The van der Waals surface area contributed by atoms with Gasteiger partial charge in [0.1, 0.15) is 5.03 Å². The molecule has 2 heterocycles. The Labute approximate surface area is 187 Å². The van der Waals surface area contributed by atoms with Crippen molar-refractivity contribution in [2.45, 2.75) is 24.5 Å². The van der Waals surface area contributed by atoms with Crippen molar-refractivity contribution >= 4 is 39.2 Å². The summed E-state index contributed by atoms with van der Waals surface area (Å²) in [5.74, 6) is -2.74. The number of sulfonamides is 1. The fourth-order valence-electron chi connectivity index (χ4n) is 3.09. The molecule has 0 atom stereocenters. The number of ether oxygens (including phenoxy) is 1. The molecule has 1 aliphatic rings. The van der Waals surface area contributed by atoms with Crippen LogP contribution < -0.4 is 4.31 Å². The van der Waals surface area contributed by atoms with Gasteiger partial charge in [-0.3, -0.25) is 9.10 Å². The van der Waals surface area contributed by atoms with Crippen molar-refractivity contribution in [3.05, 3.63) is 53.2 Å². The quantitative estimate of drug-likeness (QED) is 0.319. The normalized spacial score (nSPS) is 13.7. The van der Waals surface area contributed by atoms with Gasteiger partial charge in [0.25, 0.3) is 0 Å².